The highest BCUT2D eigenvalue weighted by molar-refractivity contribution is 7.99. The summed E-state index contributed by atoms with van der Waals surface area (Å²) in [5.41, 5.74) is 2.50. The van der Waals surface area contributed by atoms with Crippen molar-refractivity contribution in [1.82, 2.24) is 15.4 Å². The van der Waals surface area contributed by atoms with E-state index in [0.29, 0.717) is 13.0 Å². The Morgan fingerprint density at radius 3 is 3.06 bits per heavy atom. The normalized spacial score (nSPS) is 15.0. The van der Waals surface area contributed by atoms with Crippen LogP contribution in [0.5, 0.6) is 0 Å². The van der Waals surface area contributed by atoms with Crippen LogP contribution in [0, 0.1) is 0 Å². The Morgan fingerprint density at radius 2 is 2.44 bits per heavy atom. The Bertz CT molecular complexity index is 396. The van der Waals surface area contributed by atoms with Crippen LogP contribution in [0.25, 0.3) is 0 Å². The minimum absolute atomic E-state index is 0.0958. The number of amides is 2. The molecule has 0 bridgehead atoms. The Balaban J connectivity index is 1.82. The van der Waals surface area contributed by atoms with Crippen molar-refractivity contribution in [1.29, 1.82) is 0 Å². The first-order valence-corrected chi connectivity index (χ1v) is 5.88. The SMILES string of the molecule is O=C1CCN(C(=O)CSc2ccccn2)N1. The number of nitrogens with zero attached hydrogens (tertiary/aromatic N) is 2. The van der Waals surface area contributed by atoms with Gasteiger partial charge in [0.1, 0.15) is 0 Å². The second kappa shape index (κ2) is 4.98. The lowest BCUT2D eigenvalue weighted by atomic mass is 10.4. The highest BCUT2D eigenvalue weighted by Crippen LogP contribution is 2.14. The van der Waals surface area contributed by atoms with E-state index in [-0.39, 0.29) is 17.6 Å². The van der Waals surface area contributed by atoms with Crippen molar-refractivity contribution in [2.45, 2.75) is 11.4 Å². The average Bonchev–Trinajstić information content (AvgIpc) is 2.74. The Kier molecular flexibility index (Phi) is 3.40. The van der Waals surface area contributed by atoms with E-state index in [1.165, 1.54) is 16.8 Å². The number of hydrogen-bond donors (Lipinski definition) is 1. The summed E-state index contributed by atoms with van der Waals surface area (Å²) >= 11 is 1.36. The van der Waals surface area contributed by atoms with E-state index >= 15 is 0 Å². The summed E-state index contributed by atoms with van der Waals surface area (Å²) in [6.07, 6.45) is 2.07. The summed E-state index contributed by atoms with van der Waals surface area (Å²) in [6, 6.07) is 5.55. The Labute approximate surface area is 97.2 Å². The molecule has 16 heavy (non-hydrogen) atoms. The van der Waals surface area contributed by atoms with Crippen molar-refractivity contribution in [2.75, 3.05) is 12.3 Å². The monoisotopic (exact) mass is 237 g/mol. The largest absolute Gasteiger partial charge is 0.273 e. The fourth-order valence-corrected chi connectivity index (χ4v) is 2.05. The van der Waals surface area contributed by atoms with Gasteiger partial charge in [0.15, 0.2) is 0 Å². The summed E-state index contributed by atoms with van der Waals surface area (Å²) in [5, 5.41) is 2.17. The molecule has 1 aliphatic heterocycles. The molecule has 1 fully saturated rings. The van der Waals surface area contributed by atoms with Gasteiger partial charge in [-0.1, -0.05) is 17.8 Å². The van der Waals surface area contributed by atoms with E-state index in [1.807, 2.05) is 18.2 Å². The van der Waals surface area contributed by atoms with Gasteiger partial charge in [-0.3, -0.25) is 20.0 Å². The molecule has 1 aliphatic rings. The molecule has 1 N–H and O–H groups in total. The number of hydrazine groups is 1. The number of thioether (sulfide) groups is 1. The predicted octanol–water partition coefficient (Wildman–Crippen LogP) is 0.437. The number of carbonyl (C=O) groups excluding carboxylic acids is 2. The standard InChI is InChI=1S/C10H11N3O2S/c14-8-4-6-13(12-8)10(15)7-16-9-3-1-2-5-11-9/h1-3,5H,4,6-7H2,(H,12,14). The van der Waals surface area contributed by atoms with Crippen LogP contribution in [0.4, 0.5) is 0 Å². The van der Waals surface area contributed by atoms with E-state index in [1.54, 1.807) is 6.20 Å². The van der Waals surface area contributed by atoms with Crippen LogP contribution in [0.15, 0.2) is 29.4 Å². The van der Waals surface area contributed by atoms with E-state index < -0.39 is 0 Å². The lowest BCUT2D eigenvalue weighted by molar-refractivity contribution is -0.133. The quantitative estimate of drug-likeness (QED) is 0.775. The van der Waals surface area contributed by atoms with Crippen molar-refractivity contribution in [2.24, 2.45) is 0 Å². The Morgan fingerprint density at radius 1 is 1.56 bits per heavy atom. The summed E-state index contributed by atoms with van der Waals surface area (Å²) in [4.78, 5) is 26.6. The van der Waals surface area contributed by atoms with Crippen molar-refractivity contribution >= 4 is 23.6 Å². The second-order valence-electron chi connectivity index (χ2n) is 3.29. The van der Waals surface area contributed by atoms with Gasteiger partial charge in [-0.05, 0) is 12.1 Å². The molecule has 0 atom stereocenters. The first-order valence-electron chi connectivity index (χ1n) is 4.89. The molecule has 1 saturated heterocycles. The number of carbonyl (C=O) groups is 2. The van der Waals surface area contributed by atoms with Gasteiger partial charge in [0.25, 0.3) is 5.91 Å². The maximum absolute atomic E-state index is 11.6. The van der Waals surface area contributed by atoms with E-state index in [9.17, 15) is 9.59 Å². The zero-order chi connectivity index (χ0) is 11.4. The van der Waals surface area contributed by atoms with Gasteiger partial charge in [-0.25, -0.2) is 4.98 Å². The number of aromatic nitrogens is 1. The van der Waals surface area contributed by atoms with Gasteiger partial charge in [-0.2, -0.15) is 0 Å². The number of nitrogens with one attached hydrogen (secondary N) is 1. The minimum Gasteiger partial charge on any atom is -0.273 e. The zero-order valence-corrected chi connectivity index (χ0v) is 9.37. The van der Waals surface area contributed by atoms with Crippen molar-refractivity contribution in [3.63, 3.8) is 0 Å². The molecular formula is C10H11N3O2S. The van der Waals surface area contributed by atoms with Crippen LogP contribution < -0.4 is 5.43 Å². The molecular weight excluding hydrogens is 226 g/mol. The molecule has 0 aromatic carbocycles. The third-order valence-electron chi connectivity index (χ3n) is 2.10. The summed E-state index contributed by atoms with van der Waals surface area (Å²) in [6.45, 7) is 0.459. The van der Waals surface area contributed by atoms with Gasteiger partial charge < -0.3 is 0 Å². The lowest BCUT2D eigenvalue weighted by Crippen LogP contribution is -2.39. The molecule has 0 saturated carbocycles. The fraction of sp³-hybridized carbons (Fsp3) is 0.300. The summed E-state index contributed by atoms with van der Waals surface area (Å²) in [5.74, 6) is 0.0924. The first-order chi connectivity index (χ1) is 7.75. The molecule has 6 heteroatoms. The number of hydrogen-bond acceptors (Lipinski definition) is 4. The fourth-order valence-electron chi connectivity index (χ4n) is 1.31. The maximum atomic E-state index is 11.6. The predicted molar refractivity (Wildman–Crippen MR) is 59.4 cm³/mol. The molecule has 0 spiro atoms. The van der Waals surface area contributed by atoms with Gasteiger partial charge in [0, 0.05) is 12.6 Å². The molecule has 0 unspecified atom stereocenters. The van der Waals surface area contributed by atoms with Crippen molar-refractivity contribution in [3.8, 4) is 0 Å². The van der Waals surface area contributed by atoms with Crippen LogP contribution >= 0.6 is 11.8 Å². The van der Waals surface area contributed by atoms with E-state index in [4.69, 9.17) is 0 Å². The van der Waals surface area contributed by atoms with Gasteiger partial charge >= 0.3 is 0 Å². The Hall–Kier alpha value is -1.56. The third kappa shape index (κ3) is 2.73. The van der Waals surface area contributed by atoms with Gasteiger partial charge in [0.05, 0.1) is 17.3 Å². The van der Waals surface area contributed by atoms with Gasteiger partial charge in [0.2, 0.25) is 5.91 Å². The van der Waals surface area contributed by atoms with Crippen LogP contribution in [-0.4, -0.2) is 34.1 Å². The lowest BCUT2D eigenvalue weighted by Gasteiger charge is -2.14. The van der Waals surface area contributed by atoms with E-state index in [0.717, 1.165) is 5.03 Å². The topological polar surface area (TPSA) is 62.3 Å². The zero-order valence-electron chi connectivity index (χ0n) is 8.55. The highest BCUT2D eigenvalue weighted by Gasteiger charge is 2.22. The molecule has 0 aliphatic carbocycles. The van der Waals surface area contributed by atoms with Crippen LogP contribution in [0.2, 0.25) is 0 Å². The summed E-state index contributed by atoms with van der Waals surface area (Å²) < 4.78 is 0. The molecule has 84 valence electrons. The minimum atomic E-state index is -0.101. The number of pyridine rings is 1. The average molecular weight is 237 g/mol. The molecule has 1 aromatic heterocycles. The van der Waals surface area contributed by atoms with Crippen LogP contribution in [-0.2, 0) is 9.59 Å². The maximum Gasteiger partial charge on any atom is 0.251 e. The molecule has 5 nitrogen and oxygen atoms in total. The van der Waals surface area contributed by atoms with Crippen molar-refractivity contribution < 1.29 is 9.59 Å². The molecule has 1 aromatic rings. The first kappa shape index (κ1) is 10.9. The number of rotatable bonds is 3. The van der Waals surface area contributed by atoms with Crippen LogP contribution in [0.3, 0.4) is 0 Å². The molecule has 0 radical (unpaired) electrons. The van der Waals surface area contributed by atoms with E-state index in [2.05, 4.69) is 10.4 Å². The molecule has 2 heterocycles. The molecule has 2 amide bonds. The second-order valence-corrected chi connectivity index (χ2v) is 4.28. The smallest absolute Gasteiger partial charge is 0.251 e. The van der Waals surface area contributed by atoms with Crippen LogP contribution in [0.1, 0.15) is 6.42 Å². The van der Waals surface area contributed by atoms with Gasteiger partial charge in [-0.15, -0.1) is 0 Å². The van der Waals surface area contributed by atoms with Crippen molar-refractivity contribution in [3.05, 3.63) is 24.4 Å². The molecule has 2 rings (SSSR count). The summed E-state index contributed by atoms with van der Waals surface area (Å²) in [7, 11) is 0. The third-order valence-corrected chi connectivity index (χ3v) is 3.03. The highest BCUT2D eigenvalue weighted by atomic mass is 32.2.